The van der Waals surface area contributed by atoms with Crippen LogP contribution in [0, 0.1) is 5.82 Å². The summed E-state index contributed by atoms with van der Waals surface area (Å²) in [6, 6.07) is 7.29. The Labute approximate surface area is 120 Å². The van der Waals surface area contributed by atoms with Crippen LogP contribution in [0.2, 0.25) is 5.02 Å². The third-order valence-electron chi connectivity index (χ3n) is 2.47. The van der Waals surface area contributed by atoms with Crippen LogP contribution in [0.3, 0.4) is 0 Å². The number of benzene rings is 1. The van der Waals surface area contributed by atoms with Gasteiger partial charge in [0.1, 0.15) is 11.6 Å². The summed E-state index contributed by atoms with van der Waals surface area (Å²) in [5.41, 5.74) is 0.554. The van der Waals surface area contributed by atoms with Gasteiger partial charge in [-0.15, -0.1) is 0 Å². The SMILES string of the molecule is CCOC(=O)c1ccc(Nc2cc(Cl)ccc2F)nc1. The second-order valence-electron chi connectivity index (χ2n) is 3.90. The Morgan fingerprint density at radius 2 is 2.20 bits per heavy atom. The van der Waals surface area contributed by atoms with Crippen molar-refractivity contribution in [2.75, 3.05) is 11.9 Å². The van der Waals surface area contributed by atoms with Gasteiger partial charge in [-0.2, -0.15) is 0 Å². The highest BCUT2D eigenvalue weighted by molar-refractivity contribution is 6.30. The molecular weight excluding hydrogens is 283 g/mol. The van der Waals surface area contributed by atoms with Crippen molar-refractivity contribution in [1.29, 1.82) is 0 Å². The topological polar surface area (TPSA) is 51.2 Å². The van der Waals surface area contributed by atoms with E-state index in [9.17, 15) is 9.18 Å². The van der Waals surface area contributed by atoms with E-state index in [1.165, 1.54) is 24.4 Å². The summed E-state index contributed by atoms with van der Waals surface area (Å²) in [4.78, 5) is 15.5. The number of carbonyl (C=O) groups excluding carboxylic acids is 1. The molecule has 0 atom stereocenters. The lowest BCUT2D eigenvalue weighted by Gasteiger charge is -2.08. The molecule has 0 aliphatic carbocycles. The molecule has 0 saturated carbocycles. The highest BCUT2D eigenvalue weighted by atomic mass is 35.5. The van der Waals surface area contributed by atoms with Gasteiger partial charge in [-0.05, 0) is 37.3 Å². The quantitative estimate of drug-likeness (QED) is 0.872. The summed E-state index contributed by atoms with van der Waals surface area (Å²) in [7, 11) is 0. The van der Waals surface area contributed by atoms with Crippen LogP contribution in [0.15, 0.2) is 36.5 Å². The number of esters is 1. The van der Waals surface area contributed by atoms with Crippen molar-refractivity contribution < 1.29 is 13.9 Å². The fourth-order valence-corrected chi connectivity index (χ4v) is 1.71. The van der Waals surface area contributed by atoms with Crippen LogP contribution in [0.4, 0.5) is 15.9 Å². The number of nitrogens with zero attached hydrogens (tertiary/aromatic N) is 1. The minimum absolute atomic E-state index is 0.217. The molecule has 6 heteroatoms. The maximum Gasteiger partial charge on any atom is 0.339 e. The van der Waals surface area contributed by atoms with Crippen LogP contribution < -0.4 is 5.32 Å². The summed E-state index contributed by atoms with van der Waals surface area (Å²) in [6.07, 6.45) is 1.36. The zero-order chi connectivity index (χ0) is 14.5. The summed E-state index contributed by atoms with van der Waals surface area (Å²) in [5, 5.41) is 3.20. The highest BCUT2D eigenvalue weighted by Crippen LogP contribution is 2.22. The van der Waals surface area contributed by atoms with Crippen molar-refractivity contribution in [2.24, 2.45) is 0 Å². The molecule has 0 aliphatic heterocycles. The molecule has 0 saturated heterocycles. The number of hydrogen-bond acceptors (Lipinski definition) is 4. The number of rotatable bonds is 4. The lowest BCUT2D eigenvalue weighted by Crippen LogP contribution is -2.05. The Balaban J connectivity index is 2.14. The molecule has 1 aromatic heterocycles. The van der Waals surface area contributed by atoms with Gasteiger partial charge >= 0.3 is 5.97 Å². The van der Waals surface area contributed by atoms with Crippen LogP contribution in [-0.2, 0) is 4.74 Å². The molecule has 0 unspecified atom stereocenters. The van der Waals surface area contributed by atoms with Crippen molar-refractivity contribution >= 4 is 29.1 Å². The van der Waals surface area contributed by atoms with Crippen LogP contribution >= 0.6 is 11.6 Å². The number of ether oxygens (including phenoxy) is 1. The van der Waals surface area contributed by atoms with E-state index in [2.05, 4.69) is 10.3 Å². The van der Waals surface area contributed by atoms with Gasteiger partial charge in [0.05, 0.1) is 17.9 Å². The van der Waals surface area contributed by atoms with E-state index in [-0.39, 0.29) is 5.69 Å². The van der Waals surface area contributed by atoms with Crippen molar-refractivity contribution in [3.63, 3.8) is 0 Å². The van der Waals surface area contributed by atoms with E-state index in [1.807, 2.05) is 0 Å². The molecule has 0 amide bonds. The minimum Gasteiger partial charge on any atom is -0.462 e. The van der Waals surface area contributed by atoms with Crippen molar-refractivity contribution in [3.8, 4) is 0 Å². The van der Waals surface area contributed by atoms with Gasteiger partial charge in [-0.1, -0.05) is 11.6 Å². The van der Waals surface area contributed by atoms with E-state index in [1.54, 1.807) is 19.1 Å². The molecule has 20 heavy (non-hydrogen) atoms. The zero-order valence-corrected chi connectivity index (χ0v) is 11.4. The van der Waals surface area contributed by atoms with Gasteiger partial charge in [-0.25, -0.2) is 14.2 Å². The van der Waals surface area contributed by atoms with Gasteiger partial charge in [0.25, 0.3) is 0 Å². The smallest absolute Gasteiger partial charge is 0.339 e. The zero-order valence-electron chi connectivity index (χ0n) is 10.7. The molecule has 0 spiro atoms. The molecule has 104 valence electrons. The number of nitrogens with one attached hydrogen (secondary N) is 1. The summed E-state index contributed by atoms with van der Waals surface area (Å²) < 4.78 is 18.4. The second-order valence-corrected chi connectivity index (χ2v) is 4.34. The van der Waals surface area contributed by atoms with Crippen molar-refractivity contribution in [1.82, 2.24) is 4.98 Å². The average Bonchev–Trinajstić information content (AvgIpc) is 2.44. The highest BCUT2D eigenvalue weighted by Gasteiger charge is 2.08. The van der Waals surface area contributed by atoms with E-state index in [4.69, 9.17) is 16.3 Å². The number of hydrogen-bond donors (Lipinski definition) is 1. The predicted molar refractivity (Wildman–Crippen MR) is 74.9 cm³/mol. The maximum absolute atomic E-state index is 13.5. The van der Waals surface area contributed by atoms with Gasteiger partial charge in [0, 0.05) is 11.2 Å². The first kappa shape index (κ1) is 14.3. The van der Waals surface area contributed by atoms with E-state index in [0.717, 1.165) is 0 Å². The molecular formula is C14H12ClFN2O2. The van der Waals surface area contributed by atoms with Gasteiger partial charge in [0.2, 0.25) is 0 Å². The number of carbonyl (C=O) groups is 1. The molecule has 1 heterocycles. The lowest BCUT2D eigenvalue weighted by molar-refractivity contribution is 0.0526. The molecule has 1 N–H and O–H groups in total. The van der Waals surface area contributed by atoms with Crippen LogP contribution in [0.1, 0.15) is 17.3 Å². The first-order valence-electron chi connectivity index (χ1n) is 5.95. The van der Waals surface area contributed by atoms with Gasteiger partial charge in [0.15, 0.2) is 0 Å². The first-order valence-corrected chi connectivity index (χ1v) is 6.33. The number of halogens is 2. The third kappa shape index (κ3) is 3.45. The number of pyridine rings is 1. The molecule has 1 aromatic carbocycles. The fourth-order valence-electron chi connectivity index (χ4n) is 1.53. The standard InChI is InChI=1S/C14H12ClFN2O2/c1-2-20-14(19)9-3-6-13(17-8-9)18-12-7-10(15)4-5-11(12)16/h3-8H,2H2,1H3,(H,17,18). The molecule has 0 fully saturated rings. The van der Waals surface area contributed by atoms with Crippen LogP contribution in [0.5, 0.6) is 0 Å². The molecule has 0 aliphatic rings. The minimum atomic E-state index is -0.444. The van der Waals surface area contributed by atoms with Crippen molar-refractivity contribution in [3.05, 3.63) is 52.9 Å². The Hall–Kier alpha value is -2.14. The summed E-state index contributed by atoms with van der Waals surface area (Å²) in [5.74, 6) is -0.481. The predicted octanol–water partition coefficient (Wildman–Crippen LogP) is 3.79. The largest absolute Gasteiger partial charge is 0.462 e. The fraction of sp³-hybridized carbons (Fsp3) is 0.143. The lowest BCUT2D eigenvalue weighted by atomic mass is 10.2. The Morgan fingerprint density at radius 3 is 2.85 bits per heavy atom. The molecule has 0 radical (unpaired) electrons. The second kappa shape index (κ2) is 6.34. The van der Waals surface area contributed by atoms with Gasteiger partial charge < -0.3 is 10.1 Å². The van der Waals surface area contributed by atoms with E-state index < -0.39 is 11.8 Å². The molecule has 2 rings (SSSR count). The third-order valence-corrected chi connectivity index (χ3v) is 2.70. The van der Waals surface area contributed by atoms with Crippen LogP contribution in [0.25, 0.3) is 0 Å². The maximum atomic E-state index is 13.5. The number of aromatic nitrogens is 1. The normalized spacial score (nSPS) is 10.2. The van der Waals surface area contributed by atoms with Gasteiger partial charge in [-0.3, -0.25) is 0 Å². The Morgan fingerprint density at radius 1 is 1.40 bits per heavy atom. The number of anilines is 2. The Bertz CT molecular complexity index is 617. The van der Waals surface area contributed by atoms with E-state index in [0.29, 0.717) is 23.0 Å². The molecule has 2 aromatic rings. The monoisotopic (exact) mass is 294 g/mol. The van der Waals surface area contributed by atoms with Crippen molar-refractivity contribution in [2.45, 2.75) is 6.92 Å². The summed E-state index contributed by atoms with van der Waals surface area (Å²) >= 11 is 5.80. The molecule has 4 nitrogen and oxygen atoms in total. The molecule has 0 bridgehead atoms. The first-order chi connectivity index (χ1) is 9.60. The van der Waals surface area contributed by atoms with E-state index >= 15 is 0 Å². The Kier molecular flexibility index (Phi) is 4.53. The average molecular weight is 295 g/mol. The van der Waals surface area contributed by atoms with Crippen LogP contribution in [-0.4, -0.2) is 17.6 Å². The summed E-state index contributed by atoms with van der Waals surface area (Å²) in [6.45, 7) is 2.02.